The molecule has 1 amide bonds. The van der Waals surface area contributed by atoms with E-state index < -0.39 is 0 Å². The number of thiophene rings is 1. The lowest BCUT2D eigenvalue weighted by atomic mass is 10.3. The molecule has 4 nitrogen and oxygen atoms in total. The smallest absolute Gasteiger partial charge is 0.266 e. The van der Waals surface area contributed by atoms with Gasteiger partial charge in [0.15, 0.2) is 0 Å². The van der Waals surface area contributed by atoms with Crippen LogP contribution in [-0.2, 0) is 6.54 Å². The monoisotopic (exact) mass is 297 g/mol. The third-order valence-electron chi connectivity index (χ3n) is 2.77. The van der Waals surface area contributed by atoms with E-state index in [0.717, 1.165) is 30.8 Å². The number of carbonyl (C=O) groups excluding carboxylic acids is 1. The molecule has 19 heavy (non-hydrogen) atoms. The average molecular weight is 298 g/mol. The molecule has 0 atom stereocenters. The molecule has 1 N–H and O–H groups in total. The maximum absolute atomic E-state index is 12.1. The fourth-order valence-corrected chi connectivity index (χ4v) is 2.66. The lowest BCUT2D eigenvalue weighted by Gasteiger charge is -2.09. The third-order valence-corrected chi connectivity index (χ3v) is 4.00. The number of aromatic nitrogens is 2. The minimum atomic E-state index is -0.141. The second-order valence-corrected chi connectivity index (χ2v) is 6.03. The van der Waals surface area contributed by atoms with Crippen LogP contribution in [0.15, 0.2) is 18.3 Å². The number of amides is 1. The Labute approximate surface area is 121 Å². The van der Waals surface area contributed by atoms with E-state index in [-0.39, 0.29) is 5.91 Å². The van der Waals surface area contributed by atoms with E-state index in [1.54, 1.807) is 18.3 Å². The summed E-state index contributed by atoms with van der Waals surface area (Å²) >= 11 is 7.11. The number of anilines is 1. The Morgan fingerprint density at radius 1 is 1.53 bits per heavy atom. The zero-order valence-electron chi connectivity index (χ0n) is 10.9. The Bertz CT molecular complexity index is 576. The molecule has 0 unspecified atom stereocenters. The van der Waals surface area contributed by atoms with Gasteiger partial charge in [0.2, 0.25) is 0 Å². The highest BCUT2D eigenvalue weighted by atomic mass is 35.5. The number of aryl methyl sites for hydroxylation is 2. The molecule has 0 bridgehead atoms. The molecule has 0 aliphatic heterocycles. The van der Waals surface area contributed by atoms with Gasteiger partial charge in [0.25, 0.3) is 5.91 Å². The number of nitrogens with zero attached hydrogens (tertiary/aromatic N) is 2. The molecule has 2 rings (SSSR count). The van der Waals surface area contributed by atoms with E-state index in [1.807, 2.05) is 11.6 Å². The summed E-state index contributed by atoms with van der Waals surface area (Å²) in [4.78, 5) is 12.7. The molecule has 0 saturated heterocycles. The van der Waals surface area contributed by atoms with Crippen LogP contribution < -0.4 is 5.32 Å². The summed E-state index contributed by atoms with van der Waals surface area (Å²) in [7, 11) is 0. The number of carbonyl (C=O) groups is 1. The highest BCUT2D eigenvalue weighted by Crippen LogP contribution is 2.23. The van der Waals surface area contributed by atoms with E-state index in [4.69, 9.17) is 11.6 Å². The van der Waals surface area contributed by atoms with Gasteiger partial charge in [-0.3, -0.25) is 4.79 Å². The fourth-order valence-electron chi connectivity index (χ4n) is 1.72. The summed E-state index contributed by atoms with van der Waals surface area (Å²) in [6.45, 7) is 4.87. The van der Waals surface area contributed by atoms with Crippen LogP contribution in [0.3, 0.4) is 0 Å². The molecule has 0 spiro atoms. The molecule has 0 saturated carbocycles. The lowest BCUT2D eigenvalue weighted by Crippen LogP contribution is -2.15. The molecular formula is C13H16ClN3OS. The van der Waals surface area contributed by atoms with Crippen LogP contribution in [0.2, 0.25) is 4.34 Å². The van der Waals surface area contributed by atoms with Crippen molar-refractivity contribution in [3.63, 3.8) is 0 Å². The quantitative estimate of drug-likeness (QED) is 0.908. The maximum atomic E-state index is 12.1. The first-order valence-corrected chi connectivity index (χ1v) is 7.40. The molecular weight excluding hydrogens is 282 g/mol. The Hall–Kier alpha value is -1.33. The molecule has 0 radical (unpaired) electrons. The van der Waals surface area contributed by atoms with E-state index in [1.165, 1.54) is 11.3 Å². The second kappa shape index (κ2) is 6.21. The van der Waals surface area contributed by atoms with Crippen LogP contribution in [0.25, 0.3) is 0 Å². The normalized spacial score (nSPS) is 10.7. The van der Waals surface area contributed by atoms with Gasteiger partial charge in [0.05, 0.1) is 15.4 Å². The van der Waals surface area contributed by atoms with Gasteiger partial charge in [-0.25, -0.2) is 4.68 Å². The van der Waals surface area contributed by atoms with E-state index in [9.17, 15) is 4.79 Å². The lowest BCUT2D eigenvalue weighted by molar-refractivity contribution is 0.102. The number of unbranched alkanes of at least 4 members (excludes halogenated alkanes) is 1. The van der Waals surface area contributed by atoms with Gasteiger partial charge in [-0.15, -0.1) is 11.3 Å². The van der Waals surface area contributed by atoms with Crippen LogP contribution >= 0.6 is 22.9 Å². The standard InChI is InChI=1S/C13H16ClN3OS/c1-3-4-7-17-12(9(2)8-15-17)16-13(18)10-5-6-11(14)19-10/h5-6,8H,3-4,7H2,1-2H3,(H,16,18). The zero-order valence-corrected chi connectivity index (χ0v) is 12.5. The highest BCUT2D eigenvalue weighted by Gasteiger charge is 2.14. The number of nitrogens with one attached hydrogen (secondary N) is 1. The third kappa shape index (κ3) is 3.36. The van der Waals surface area contributed by atoms with Gasteiger partial charge in [-0.1, -0.05) is 24.9 Å². The maximum Gasteiger partial charge on any atom is 0.266 e. The minimum Gasteiger partial charge on any atom is -0.306 e. The number of hydrogen-bond donors (Lipinski definition) is 1. The van der Waals surface area contributed by atoms with Gasteiger partial charge in [-0.05, 0) is 25.5 Å². The van der Waals surface area contributed by atoms with Gasteiger partial charge in [0.1, 0.15) is 5.82 Å². The molecule has 0 aliphatic carbocycles. The van der Waals surface area contributed by atoms with Gasteiger partial charge >= 0.3 is 0 Å². The average Bonchev–Trinajstić information content (AvgIpc) is 2.95. The topological polar surface area (TPSA) is 46.9 Å². The number of halogens is 1. The summed E-state index contributed by atoms with van der Waals surface area (Å²) in [5, 5.41) is 7.20. The van der Waals surface area contributed by atoms with Gasteiger partial charge in [0, 0.05) is 12.1 Å². The Morgan fingerprint density at radius 2 is 2.32 bits per heavy atom. The number of rotatable bonds is 5. The van der Waals surface area contributed by atoms with E-state index >= 15 is 0 Å². The molecule has 0 aromatic carbocycles. The Balaban J connectivity index is 2.14. The summed E-state index contributed by atoms with van der Waals surface area (Å²) in [5.41, 5.74) is 0.965. The second-order valence-electron chi connectivity index (χ2n) is 4.31. The zero-order chi connectivity index (χ0) is 13.8. The Kier molecular flexibility index (Phi) is 4.61. The van der Waals surface area contributed by atoms with Crippen molar-refractivity contribution >= 4 is 34.7 Å². The van der Waals surface area contributed by atoms with Gasteiger partial charge < -0.3 is 5.32 Å². The molecule has 0 aliphatic rings. The van der Waals surface area contributed by atoms with Crippen LogP contribution in [0.4, 0.5) is 5.82 Å². The first-order chi connectivity index (χ1) is 9.11. The fraction of sp³-hybridized carbons (Fsp3) is 0.385. The summed E-state index contributed by atoms with van der Waals surface area (Å²) in [5.74, 6) is 0.626. The van der Waals surface area contributed by atoms with Crippen LogP contribution in [-0.4, -0.2) is 15.7 Å². The van der Waals surface area contributed by atoms with Crippen molar-refractivity contribution in [3.05, 3.63) is 33.1 Å². The molecule has 2 aromatic rings. The highest BCUT2D eigenvalue weighted by molar-refractivity contribution is 7.18. The summed E-state index contributed by atoms with van der Waals surface area (Å²) in [6.07, 6.45) is 3.90. The van der Waals surface area contributed by atoms with Crippen molar-refractivity contribution in [3.8, 4) is 0 Å². The van der Waals surface area contributed by atoms with Crippen molar-refractivity contribution in [1.29, 1.82) is 0 Å². The molecule has 0 fully saturated rings. The predicted octanol–water partition coefficient (Wildman–Crippen LogP) is 3.96. The van der Waals surface area contributed by atoms with Crippen molar-refractivity contribution in [2.45, 2.75) is 33.2 Å². The predicted molar refractivity (Wildman–Crippen MR) is 79.2 cm³/mol. The largest absolute Gasteiger partial charge is 0.306 e. The van der Waals surface area contributed by atoms with Crippen molar-refractivity contribution in [1.82, 2.24) is 9.78 Å². The van der Waals surface area contributed by atoms with Crippen molar-refractivity contribution < 1.29 is 4.79 Å². The first-order valence-electron chi connectivity index (χ1n) is 6.21. The number of hydrogen-bond acceptors (Lipinski definition) is 3. The van der Waals surface area contributed by atoms with Crippen LogP contribution in [0.1, 0.15) is 35.0 Å². The SMILES string of the molecule is CCCCn1ncc(C)c1NC(=O)c1ccc(Cl)s1. The minimum absolute atomic E-state index is 0.141. The van der Waals surface area contributed by atoms with E-state index in [2.05, 4.69) is 17.3 Å². The first kappa shape index (κ1) is 14.1. The summed E-state index contributed by atoms with van der Waals surface area (Å²) < 4.78 is 2.45. The van der Waals surface area contributed by atoms with Crippen LogP contribution in [0.5, 0.6) is 0 Å². The Morgan fingerprint density at radius 3 is 2.95 bits per heavy atom. The van der Waals surface area contributed by atoms with E-state index in [0.29, 0.717) is 9.21 Å². The van der Waals surface area contributed by atoms with Crippen molar-refractivity contribution in [2.24, 2.45) is 0 Å². The molecule has 6 heteroatoms. The summed E-state index contributed by atoms with van der Waals surface area (Å²) in [6, 6.07) is 3.45. The molecule has 2 aromatic heterocycles. The molecule has 102 valence electrons. The van der Waals surface area contributed by atoms with Gasteiger partial charge in [-0.2, -0.15) is 5.10 Å². The van der Waals surface area contributed by atoms with Crippen LogP contribution in [0, 0.1) is 6.92 Å². The van der Waals surface area contributed by atoms with Crippen molar-refractivity contribution in [2.75, 3.05) is 5.32 Å². The molecule has 2 heterocycles.